The number of aryl methyl sites for hydroxylation is 1. The lowest BCUT2D eigenvalue weighted by Crippen LogP contribution is -1.70. The first-order valence-corrected chi connectivity index (χ1v) is 5.92. The second-order valence-corrected chi connectivity index (χ2v) is 5.73. The lowest BCUT2D eigenvalue weighted by atomic mass is 10.3. The second kappa shape index (κ2) is 3.28. The first kappa shape index (κ1) is 8.41. The number of hydrogen-bond donors (Lipinski definition) is 0. The van der Waals surface area contributed by atoms with Gasteiger partial charge in [-0.05, 0) is 34.5 Å². The average Bonchev–Trinajstić information content (AvgIpc) is 2.58. The van der Waals surface area contributed by atoms with E-state index in [2.05, 4.69) is 33.9 Å². The molecule has 0 unspecified atom stereocenters. The third-order valence-corrected chi connectivity index (χ3v) is 4.18. The average molecular weight is 260 g/mol. The molecule has 2 aromatic rings. The molecular weight excluding hydrogens is 254 g/mol. The first-order chi connectivity index (χ1) is 5.77. The summed E-state index contributed by atoms with van der Waals surface area (Å²) in [6.45, 7) is 2.11. The molecule has 12 heavy (non-hydrogen) atoms. The van der Waals surface area contributed by atoms with Crippen LogP contribution in [0.15, 0.2) is 21.4 Å². The number of hydrogen-bond acceptors (Lipinski definition) is 3. The van der Waals surface area contributed by atoms with Gasteiger partial charge in [0.2, 0.25) is 0 Å². The van der Waals surface area contributed by atoms with Crippen LogP contribution in [0.3, 0.4) is 0 Å². The van der Waals surface area contributed by atoms with Gasteiger partial charge in [0.15, 0.2) is 0 Å². The topological polar surface area (TPSA) is 12.9 Å². The molecule has 0 atom stereocenters. The van der Waals surface area contributed by atoms with Crippen LogP contribution in [0.1, 0.15) is 5.56 Å². The van der Waals surface area contributed by atoms with Gasteiger partial charge in [0.25, 0.3) is 0 Å². The zero-order valence-electron chi connectivity index (χ0n) is 6.37. The van der Waals surface area contributed by atoms with Gasteiger partial charge in [-0.2, -0.15) is 0 Å². The van der Waals surface area contributed by atoms with E-state index in [1.165, 1.54) is 14.2 Å². The van der Waals surface area contributed by atoms with Crippen molar-refractivity contribution in [2.45, 2.75) is 6.92 Å². The number of nitrogens with zero attached hydrogens (tertiary/aromatic N) is 1. The summed E-state index contributed by atoms with van der Waals surface area (Å²) >= 11 is 6.88. The van der Waals surface area contributed by atoms with E-state index in [4.69, 9.17) is 0 Å². The van der Waals surface area contributed by atoms with Gasteiger partial charge in [-0.15, -0.1) is 22.7 Å². The van der Waals surface area contributed by atoms with E-state index in [0.29, 0.717) is 0 Å². The fourth-order valence-corrected chi connectivity index (χ4v) is 3.52. The zero-order chi connectivity index (χ0) is 8.55. The van der Waals surface area contributed by atoms with Crippen LogP contribution >= 0.6 is 38.6 Å². The number of halogens is 1. The number of aromatic nitrogens is 1. The minimum Gasteiger partial charge on any atom is -0.244 e. The van der Waals surface area contributed by atoms with Crippen molar-refractivity contribution in [3.05, 3.63) is 27.0 Å². The Morgan fingerprint density at radius 2 is 2.33 bits per heavy atom. The lowest BCUT2D eigenvalue weighted by molar-refractivity contribution is 1.41. The van der Waals surface area contributed by atoms with Crippen LogP contribution in [0.2, 0.25) is 0 Å². The molecule has 1 nitrogen and oxygen atoms in total. The summed E-state index contributed by atoms with van der Waals surface area (Å²) in [5.74, 6) is 0. The van der Waals surface area contributed by atoms with Crippen LogP contribution in [-0.2, 0) is 0 Å². The van der Waals surface area contributed by atoms with Crippen LogP contribution < -0.4 is 0 Å². The Morgan fingerprint density at radius 3 is 2.83 bits per heavy atom. The Labute approximate surface area is 87.2 Å². The SMILES string of the molecule is Cc1cc(Br)sc1-c1nccs1. The largest absolute Gasteiger partial charge is 0.244 e. The molecule has 0 radical (unpaired) electrons. The third-order valence-electron chi connectivity index (χ3n) is 1.51. The van der Waals surface area contributed by atoms with Crippen molar-refractivity contribution in [2.24, 2.45) is 0 Å². The molecule has 0 amide bonds. The van der Waals surface area contributed by atoms with E-state index in [9.17, 15) is 0 Å². The van der Waals surface area contributed by atoms with E-state index in [1.54, 1.807) is 22.7 Å². The van der Waals surface area contributed by atoms with E-state index in [1.807, 2.05) is 11.6 Å². The highest BCUT2D eigenvalue weighted by Crippen LogP contribution is 2.35. The summed E-state index contributed by atoms with van der Waals surface area (Å²) in [7, 11) is 0. The summed E-state index contributed by atoms with van der Waals surface area (Å²) in [5, 5.41) is 3.12. The fourth-order valence-electron chi connectivity index (χ4n) is 0.991. The molecule has 0 aliphatic heterocycles. The van der Waals surface area contributed by atoms with Crippen molar-refractivity contribution < 1.29 is 0 Å². The summed E-state index contributed by atoms with van der Waals surface area (Å²) in [4.78, 5) is 5.54. The molecule has 2 heterocycles. The van der Waals surface area contributed by atoms with Gasteiger partial charge in [-0.3, -0.25) is 0 Å². The molecule has 0 saturated carbocycles. The van der Waals surface area contributed by atoms with Crippen LogP contribution in [-0.4, -0.2) is 4.98 Å². The third kappa shape index (κ3) is 1.46. The van der Waals surface area contributed by atoms with Crippen molar-refractivity contribution >= 4 is 38.6 Å². The van der Waals surface area contributed by atoms with Gasteiger partial charge in [-0.25, -0.2) is 4.98 Å². The molecule has 2 rings (SSSR count). The Kier molecular flexibility index (Phi) is 2.30. The van der Waals surface area contributed by atoms with Crippen LogP contribution in [0.4, 0.5) is 0 Å². The Morgan fingerprint density at radius 1 is 1.50 bits per heavy atom. The monoisotopic (exact) mass is 259 g/mol. The minimum atomic E-state index is 1.11. The molecule has 0 bridgehead atoms. The second-order valence-electron chi connectivity index (χ2n) is 2.40. The van der Waals surface area contributed by atoms with Crippen LogP contribution in [0, 0.1) is 6.92 Å². The van der Waals surface area contributed by atoms with Gasteiger partial charge < -0.3 is 0 Å². The van der Waals surface area contributed by atoms with Gasteiger partial charge in [-0.1, -0.05) is 0 Å². The van der Waals surface area contributed by atoms with Crippen molar-refractivity contribution in [1.29, 1.82) is 0 Å². The van der Waals surface area contributed by atoms with Crippen LogP contribution in [0.5, 0.6) is 0 Å². The molecule has 0 aliphatic carbocycles. The van der Waals surface area contributed by atoms with E-state index in [-0.39, 0.29) is 0 Å². The summed E-state index contributed by atoms with van der Waals surface area (Å²) in [5.41, 5.74) is 1.29. The standard InChI is InChI=1S/C8H6BrNS2/c1-5-4-6(9)12-7(5)8-10-2-3-11-8/h2-4H,1H3. The maximum Gasteiger partial charge on any atom is 0.133 e. The van der Waals surface area contributed by atoms with Gasteiger partial charge in [0.1, 0.15) is 5.01 Å². The molecular formula is C8H6BrNS2. The quantitative estimate of drug-likeness (QED) is 0.756. The predicted molar refractivity (Wildman–Crippen MR) is 57.9 cm³/mol. The molecule has 0 spiro atoms. The minimum absolute atomic E-state index is 1.11. The highest BCUT2D eigenvalue weighted by molar-refractivity contribution is 9.11. The summed E-state index contributed by atoms with van der Waals surface area (Å²) in [6.07, 6.45) is 1.84. The Hall–Kier alpha value is -0.190. The molecule has 4 heteroatoms. The lowest BCUT2D eigenvalue weighted by Gasteiger charge is -1.90. The summed E-state index contributed by atoms with van der Waals surface area (Å²) in [6, 6.07) is 2.13. The van der Waals surface area contributed by atoms with E-state index in [0.717, 1.165) is 5.01 Å². The smallest absolute Gasteiger partial charge is 0.133 e. The predicted octanol–water partition coefficient (Wildman–Crippen LogP) is 3.94. The van der Waals surface area contributed by atoms with Crippen molar-refractivity contribution in [2.75, 3.05) is 0 Å². The van der Waals surface area contributed by atoms with E-state index >= 15 is 0 Å². The van der Waals surface area contributed by atoms with Crippen LogP contribution in [0.25, 0.3) is 9.88 Å². The van der Waals surface area contributed by atoms with Gasteiger partial charge in [0.05, 0.1) is 8.66 Å². The maximum absolute atomic E-state index is 4.27. The molecule has 2 aromatic heterocycles. The molecule has 0 aromatic carbocycles. The van der Waals surface area contributed by atoms with Crippen molar-refractivity contribution in [1.82, 2.24) is 4.98 Å². The number of rotatable bonds is 1. The highest BCUT2D eigenvalue weighted by Gasteiger charge is 2.07. The normalized spacial score (nSPS) is 10.5. The van der Waals surface area contributed by atoms with Crippen molar-refractivity contribution in [3.8, 4) is 9.88 Å². The summed E-state index contributed by atoms with van der Waals surface area (Å²) < 4.78 is 1.17. The highest BCUT2D eigenvalue weighted by atomic mass is 79.9. The maximum atomic E-state index is 4.27. The number of thiazole rings is 1. The zero-order valence-corrected chi connectivity index (χ0v) is 9.59. The fraction of sp³-hybridized carbons (Fsp3) is 0.125. The van der Waals surface area contributed by atoms with Crippen molar-refractivity contribution in [3.63, 3.8) is 0 Å². The van der Waals surface area contributed by atoms with Gasteiger partial charge in [0, 0.05) is 11.6 Å². The Bertz CT molecular complexity index is 378. The molecule has 0 saturated heterocycles. The first-order valence-electron chi connectivity index (χ1n) is 3.43. The molecule has 0 N–H and O–H groups in total. The van der Waals surface area contributed by atoms with Gasteiger partial charge >= 0.3 is 0 Å². The molecule has 62 valence electrons. The molecule has 0 aliphatic rings. The van der Waals surface area contributed by atoms with E-state index < -0.39 is 0 Å². The Balaban J connectivity index is 2.54. The number of thiophene rings is 1. The molecule has 0 fully saturated rings.